The monoisotopic (exact) mass is 365 g/mol. The zero-order valence-corrected chi connectivity index (χ0v) is 16.3. The average molecular weight is 365 g/mol. The molecule has 6 heteroatoms. The van der Waals surface area contributed by atoms with Crippen molar-refractivity contribution in [3.63, 3.8) is 0 Å². The van der Waals surface area contributed by atoms with E-state index in [9.17, 15) is 4.79 Å². The van der Waals surface area contributed by atoms with Crippen molar-refractivity contribution in [1.29, 1.82) is 0 Å². The number of aromatic nitrogens is 3. The normalized spacial score (nSPS) is 14.5. The minimum absolute atomic E-state index is 0.0621. The predicted octanol–water partition coefficient (Wildman–Crippen LogP) is 3.02. The molecule has 0 aliphatic carbocycles. The third kappa shape index (κ3) is 3.62. The largest absolute Gasteiger partial charge is 0.357 e. The van der Waals surface area contributed by atoms with E-state index in [2.05, 4.69) is 63.1 Å². The van der Waals surface area contributed by atoms with E-state index in [-0.39, 0.29) is 5.91 Å². The first-order valence-corrected chi connectivity index (χ1v) is 9.66. The Balaban J connectivity index is 1.46. The highest BCUT2D eigenvalue weighted by molar-refractivity contribution is 5.85. The van der Waals surface area contributed by atoms with Gasteiger partial charge in [-0.05, 0) is 37.6 Å². The first-order chi connectivity index (χ1) is 13.0. The summed E-state index contributed by atoms with van der Waals surface area (Å²) in [6.07, 6.45) is 0.505. The fourth-order valence-corrected chi connectivity index (χ4v) is 3.79. The van der Waals surface area contributed by atoms with Crippen LogP contribution in [0.2, 0.25) is 0 Å². The molecule has 0 unspecified atom stereocenters. The van der Waals surface area contributed by atoms with Crippen molar-refractivity contribution in [2.75, 3.05) is 6.54 Å². The second-order valence-corrected chi connectivity index (χ2v) is 7.47. The maximum atomic E-state index is 11.5. The number of nitrogens with one attached hydrogen (secondary N) is 2. The number of nitrogens with zero attached hydrogens (tertiary/aromatic N) is 3. The van der Waals surface area contributed by atoms with Crippen LogP contribution in [0, 0.1) is 13.8 Å². The van der Waals surface area contributed by atoms with Gasteiger partial charge in [0.25, 0.3) is 0 Å². The molecule has 27 heavy (non-hydrogen) atoms. The summed E-state index contributed by atoms with van der Waals surface area (Å²) >= 11 is 0. The molecule has 3 aromatic rings. The second-order valence-electron chi connectivity index (χ2n) is 7.47. The molecule has 0 atom stereocenters. The van der Waals surface area contributed by atoms with Crippen LogP contribution in [-0.2, 0) is 31.0 Å². The molecule has 1 aliphatic rings. The molecule has 0 fully saturated rings. The Hall–Kier alpha value is -2.60. The Morgan fingerprint density at radius 3 is 2.93 bits per heavy atom. The van der Waals surface area contributed by atoms with Crippen LogP contribution in [0.4, 0.5) is 0 Å². The van der Waals surface area contributed by atoms with E-state index >= 15 is 0 Å². The van der Waals surface area contributed by atoms with Gasteiger partial charge in [-0.15, -0.1) is 0 Å². The van der Waals surface area contributed by atoms with Crippen molar-refractivity contribution in [3.05, 3.63) is 52.5 Å². The lowest BCUT2D eigenvalue weighted by atomic mass is 10.1. The highest BCUT2D eigenvalue weighted by Crippen LogP contribution is 2.25. The lowest BCUT2D eigenvalue weighted by Crippen LogP contribution is -2.33. The van der Waals surface area contributed by atoms with Gasteiger partial charge in [-0.25, -0.2) is 0 Å². The Morgan fingerprint density at radius 2 is 2.11 bits per heavy atom. The summed E-state index contributed by atoms with van der Waals surface area (Å²) < 4.78 is 2.07. The SMILES string of the molecule is CCC(=O)NCc1cc2n(n1)CCN(Cc1[nH]c3ccc(C)cc3c1C)C2. The molecule has 142 valence electrons. The van der Waals surface area contributed by atoms with Gasteiger partial charge in [0.15, 0.2) is 0 Å². The molecule has 0 saturated heterocycles. The summed E-state index contributed by atoms with van der Waals surface area (Å²) in [7, 11) is 0. The van der Waals surface area contributed by atoms with E-state index in [0.717, 1.165) is 31.9 Å². The minimum atomic E-state index is 0.0621. The lowest BCUT2D eigenvalue weighted by Gasteiger charge is -2.27. The fraction of sp³-hybridized carbons (Fsp3) is 0.429. The van der Waals surface area contributed by atoms with Crippen LogP contribution in [0.5, 0.6) is 0 Å². The number of hydrogen-bond acceptors (Lipinski definition) is 3. The van der Waals surface area contributed by atoms with Crippen LogP contribution >= 0.6 is 0 Å². The summed E-state index contributed by atoms with van der Waals surface area (Å²) in [5, 5.41) is 8.85. The molecule has 1 aliphatic heterocycles. The molecule has 0 saturated carbocycles. The van der Waals surface area contributed by atoms with E-state index in [4.69, 9.17) is 0 Å². The first-order valence-electron chi connectivity index (χ1n) is 9.66. The quantitative estimate of drug-likeness (QED) is 0.730. The van der Waals surface area contributed by atoms with Crippen molar-refractivity contribution < 1.29 is 4.79 Å². The number of carbonyl (C=O) groups excluding carboxylic acids is 1. The number of carbonyl (C=O) groups is 1. The topological polar surface area (TPSA) is 66.0 Å². The Kier molecular flexibility index (Phi) is 4.74. The fourth-order valence-electron chi connectivity index (χ4n) is 3.79. The Labute approximate surface area is 159 Å². The minimum Gasteiger partial charge on any atom is -0.357 e. The van der Waals surface area contributed by atoms with Crippen molar-refractivity contribution >= 4 is 16.8 Å². The smallest absolute Gasteiger partial charge is 0.220 e. The molecule has 0 spiro atoms. The number of H-pyrrole nitrogens is 1. The highest BCUT2D eigenvalue weighted by Gasteiger charge is 2.20. The van der Waals surface area contributed by atoms with Crippen molar-refractivity contribution in [3.8, 4) is 0 Å². The van der Waals surface area contributed by atoms with E-state index in [1.807, 2.05) is 6.92 Å². The van der Waals surface area contributed by atoms with Crippen LogP contribution in [0.1, 0.15) is 41.6 Å². The third-order valence-electron chi connectivity index (χ3n) is 5.41. The zero-order valence-electron chi connectivity index (χ0n) is 16.3. The number of rotatable bonds is 5. The number of aryl methyl sites for hydroxylation is 2. The van der Waals surface area contributed by atoms with Crippen LogP contribution in [0.15, 0.2) is 24.3 Å². The van der Waals surface area contributed by atoms with Gasteiger partial charge in [0.1, 0.15) is 0 Å². The summed E-state index contributed by atoms with van der Waals surface area (Å²) in [6.45, 7) is 10.4. The number of benzene rings is 1. The van der Waals surface area contributed by atoms with E-state index in [1.165, 1.54) is 33.4 Å². The molecule has 1 amide bonds. The van der Waals surface area contributed by atoms with Crippen molar-refractivity contribution in [2.45, 2.75) is 53.4 Å². The molecular weight excluding hydrogens is 338 g/mol. The molecule has 0 radical (unpaired) electrons. The summed E-state index contributed by atoms with van der Waals surface area (Å²) in [5.74, 6) is 0.0621. The van der Waals surface area contributed by atoms with Crippen LogP contribution in [0.3, 0.4) is 0 Å². The van der Waals surface area contributed by atoms with Crippen molar-refractivity contribution in [2.24, 2.45) is 0 Å². The lowest BCUT2D eigenvalue weighted by molar-refractivity contribution is -0.120. The van der Waals surface area contributed by atoms with Crippen molar-refractivity contribution in [1.82, 2.24) is 25.0 Å². The van der Waals surface area contributed by atoms with Gasteiger partial charge in [-0.1, -0.05) is 18.6 Å². The Morgan fingerprint density at radius 1 is 1.26 bits per heavy atom. The van der Waals surface area contributed by atoms with Crippen LogP contribution in [-0.4, -0.2) is 32.1 Å². The van der Waals surface area contributed by atoms with E-state index in [1.54, 1.807) is 0 Å². The predicted molar refractivity (Wildman–Crippen MR) is 106 cm³/mol. The molecule has 1 aromatic carbocycles. The number of hydrogen-bond donors (Lipinski definition) is 2. The Bertz CT molecular complexity index is 984. The third-order valence-corrected chi connectivity index (χ3v) is 5.41. The molecule has 2 N–H and O–H groups in total. The standard InChI is InChI=1S/C21H27N5O/c1-4-21(27)22-11-16-10-17-12-25(7-8-26(17)24-16)13-20-15(3)18-9-14(2)5-6-19(18)23-20/h5-6,9-10,23H,4,7-8,11-13H2,1-3H3,(H,22,27). The van der Waals surface area contributed by atoms with Crippen LogP contribution in [0.25, 0.3) is 10.9 Å². The van der Waals surface area contributed by atoms with E-state index < -0.39 is 0 Å². The summed E-state index contributed by atoms with van der Waals surface area (Å²) in [6, 6.07) is 8.69. The maximum absolute atomic E-state index is 11.5. The zero-order chi connectivity index (χ0) is 19.0. The van der Waals surface area contributed by atoms with Gasteiger partial charge in [0, 0.05) is 42.7 Å². The van der Waals surface area contributed by atoms with Gasteiger partial charge in [-0.2, -0.15) is 5.10 Å². The highest BCUT2D eigenvalue weighted by atomic mass is 16.1. The average Bonchev–Trinajstić information content (AvgIpc) is 3.20. The molecule has 4 rings (SSSR count). The van der Waals surface area contributed by atoms with Gasteiger partial charge in [0.2, 0.25) is 5.91 Å². The molecule has 0 bridgehead atoms. The maximum Gasteiger partial charge on any atom is 0.220 e. The van der Waals surface area contributed by atoms with Crippen LogP contribution < -0.4 is 5.32 Å². The molecule has 2 aromatic heterocycles. The summed E-state index contributed by atoms with van der Waals surface area (Å²) in [4.78, 5) is 17.5. The molecule has 6 nitrogen and oxygen atoms in total. The molecule has 3 heterocycles. The van der Waals surface area contributed by atoms with Gasteiger partial charge in [0.05, 0.1) is 24.5 Å². The molecular formula is C21H27N5O. The van der Waals surface area contributed by atoms with Gasteiger partial charge in [-0.3, -0.25) is 14.4 Å². The van der Waals surface area contributed by atoms with Gasteiger partial charge < -0.3 is 10.3 Å². The number of amides is 1. The van der Waals surface area contributed by atoms with Gasteiger partial charge >= 0.3 is 0 Å². The van der Waals surface area contributed by atoms with E-state index in [0.29, 0.717) is 13.0 Å². The number of aromatic amines is 1. The second kappa shape index (κ2) is 7.19. The number of fused-ring (bicyclic) bond motifs is 2. The summed E-state index contributed by atoms with van der Waals surface area (Å²) in [5.41, 5.74) is 7.29. The first kappa shape index (κ1) is 17.8.